The summed E-state index contributed by atoms with van der Waals surface area (Å²) in [5.41, 5.74) is 0.433. The van der Waals surface area contributed by atoms with Crippen molar-refractivity contribution in [1.82, 2.24) is 14.9 Å². The first-order chi connectivity index (χ1) is 10.1. The number of aromatic amines is 1. The summed E-state index contributed by atoms with van der Waals surface area (Å²) in [5.74, 6) is -0.142. The molecule has 1 fully saturated rings. The van der Waals surface area contributed by atoms with Gasteiger partial charge in [0.1, 0.15) is 5.69 Å². The zero-order valence-electron chi connectivity index (χ0n) is 12.3. The molecule has 0 aliphatic carbocycles. The summed E-state index contributed by atoms with van der Waals surface area (Å²) < 4.78 is 0. The first-order valence-corrected chi connectivity index (χ1v) is 7.39. The number of H-pyrrole nitrogens is 1. The van der Waals surface area contributed by atoms with E-state index >= 15 is 0 Å². The first kappa shape index (κ1) is 13.8. The second kappa shape index (κ2) is 5.31. The standard InChI is InChI=1S/C16H19N3O2/c1-10-6-5-7-11(2)19(10)15(20)14-12-8-3-4-9-13(12)17-16(21)18-14/h3-4,8-11H,5-7H2,1-2H3,(H,17,18,21). The number of fused-ring (bicyclic) bond motifs is 1. The van der Waals surface area contributed by atoms with Crippen LogP contribution in [0.5, 0.6) is 0 Å². The Morgan fingerprint density at radius 2 is 1.90 bits per heavy atom. The van der Waals surface area contributed by atoms with Crippen LogP contribution in [0.2, 0.25) is 0 Å². The minimum atomic E-state index is -0.477. The Labute approximate surface area is 123 Å². The van der Waals surface area contributed by atoms with Crippen LogP contribution in [-0.4, -0.2) is 32.9 Å². The summed E-state index contributed by atoms with van der Waals surface area (Å²) in [5, 5.41) is 0.701. The van der Waals surface area contributed by atoms with Gasteiger partial charge in [-0.05, 0) is 39.2 Å². The van der Waals surface area contributed by atoms with Gasteiger partial charge in [-0.25, -0.2) is 4.79 Å². The average Bonchev–Trinajstić information content (AvgIpc) is 2.46. The molecule has 2 atom stereocenters. The van der Waals surface area contributed by atoms with Gasteiger partial charge in [0.25, 0.3) is 5.91 Å². The van der Waals surface area contributed by atoms with Crippen molar-refractivity contribution >= 4 is 16.8 Å². The summed E-state index contributed by atoms with van der Waals surface area (Å²) in [4.78, 5) is 33.1. The van der Waals surface area contributed by atoms with Crippen LogP contribution in [0.25, 0.3) is 10.9 Å². The zero-order chi connectivity index (χ0) is 15.0. The summed E-state index contributed by atoms with van der Waals surface area (Å²) in [7, 11) is 0. The predicted molar refractivity (Wildman–Crippen MR) is 81.3 cm³/mol. The van der Waals surface area contributed by atoms with Crippen LogP contribution in [0, 0.1) is 0 Å². The van der Waals surface area contributed by atoms with E-state index in [-0.39, 0.29) is 23.7 Å². The van der Waals surface area contributed by atoms with Crippen LogP contribution in [0.1, 0.15) is 43.6 Å². The fourth-order valence-electron chi connectivity index (χ4n) is 3.21. The molecule has 1 saturated heterocycles. The zero-order valence-corrected chi connectivity index (χ0v) is 12.3. The molecule has 0 bridgehead atoms. The van der Waals surface area contributed by atoms with Gasteiger partial charge in [0.15, 0.2) is 0 Å². The van der Waals surface area contributed by atoms with E-state index in [1.54, 1.807) is 6.07 Å². The Morgan fingerprint density at radius 1 is 1.24 bits per heavy atom. The maximum Gasteiger partial charge on any atom is 0.346 e. The van der Waals surface area contributed by atoms with Crippen LogP contribution < -0.4 is 5.69 Å². The maximum absolute atomic E-state index is 12.9. The predicted octanol–water partition coefficient (Wildman–Crippen LogP) is 2.33. The lowest BCUT2D eigenvalue weighted by atomic mass is 9.96. The van der Waals surface area contributed by atoms with Crippen molar-refractivity contribution < 1.29 is 4.79 Å². The lowest BCUT2D eigenvalue weighted by molar-refractivity contribution is 0.0506. The number of hydrogen-bond donors (Lipinski definition) is 1. The molecule has 1 amide bonds. The number of piperidine rings is 1. The Hall–Kier alpha value is -2.17. The van der Waals surface area contributed by atoms with Crippen LogP contribution >= 0.6 is 0 Å². The van der Waals surface area contributed by atoms with Gasteiger partial charge in [0, 0.05) is 17.5 Å². The number of amides is 1. The molecule has 0 radical (unpaired) electrons. The highest BCUT2D eigenvalue weighted by Crippen LogP contribution is 2.25. The Morgan fingerprint density at radius 3 is 2.62 bits per heavy atom. The van der Waals surface area contributed by atoms with Crippen LogP contribution in [0.4, 0.5) is 0 Å². The van der Waals surface area contributed by atoms with Gasteiger partial charge < -0.3 is 9.88 Å². The van der Waals surface area contributed by atoms with E-state index in [1.807, 2.05) is 23.1 Å². The van der Waals surface area contributed by atoms with Crippen molar-refractivity contribution in [3.63, 3.8) is 0 Å². The molecule has 5 nitrogen and oxygen atoms in total. The highest BCUT2D eigenvalue weighted by molar-refractivity contribution is 6.04. The molecule has 3 rings (SSSR count). The monoisotopic (exact) mass is 285 g/mol. The van der Waals surface area contributed by atoms with Gasteiger partial charge in [-0.15, -0.1) is 0 Å². The van der Waals surface area contributed by atoms with Crippen LogP contribution in [0.3, 0.4) is 0 Å². The number of nitrogens with one attached hydrogen (secondary N) is 1. The highest BCUT2D eigenvalue weighted by atomic mass is 16.2. The van der Waals surface area contributed by atoms with E-state index in [0.717, 1.165) is 19.3 Å². The van der Waals surface area contributed by atoms with Crippen molar-refractivity contribution in [2.24, 2.45) is 0 Å². The van der Waals surface area contributed by atoms with Gasteiger partial charge >= 0.3 is 5.69 Å². The molecule has 2 unspecified atom stereocenters. The van der Waals surface area contributed by atoms with Crippen LogP contribution in [-0.2, 0) is 0 Å². The SMILES string of the molecule is CC1CCCC(C)N1C(=O)c1nc(=O)[nH]c2ccccc12. The lowest BCUT2D eigenvalue weighted by Gasteiger charge is -2.38. The molecule has 0 spiro atoms. The molecular formula is C16H19N3O2. The molecule has 0 saturated carbocycles. The summed E-state index contributed by atoms with van der Waals surface area (Å²) >= 11 is 0. The normalized spacial score (nSPS) is 22.5. The smallest absolute Gasteiger partial charge is 0.332 e. The largest absolute Gasteiger partial charge is 0.346 e. The Kier molecular flexibility index (Phi) is 3.49. The number of carbonyl (C=O) groups is 1. The number of benzene rings is 1. The van der Waals surface area contributed by atoms with Crippen molar-refractivity contribution in [1.29, 1.82) is 0 Å². The minimum Gasteiger partial charge on any atom is -0.332 e. The van der Waals surface area contributed by atoms with Gasteiger partial charge in [0.05, 0.1) is 5.52 Å². The van der Waals surface area contributed by atoms with Crippen molar-refractivity contribution in [2.75, 3.05) is 0 Å². The number of likely N-dealkylation sites (tertiary alicyclic amines) is 1. The van der Waals surface area contributed by atoms with Gasteiger partial charge in [0.2, 0.25) is 0 Å². The van der Waals surface area contributed by atoms with E-state index in [0.29, 0.717) is 10.9 Å². The van der Waals surface area contributed by atoms with Crippen molar-refractivity contribution in [2.45, 2.75) is 45.2 Å². The van der Waals surface area contributed by atoms with E-state index in [2.05, 4.69) is 23.8 Å². The molecule has 21 heavy (non-hydrogen) atoms. The summed E-state index contributed by atoms with van der Waals surface area (Å²) in [6.07, 6.45) is 3.13. The minimum absolute atomic E-state index is 0.142. The van der Waals surface area contributed by atoms with Gasteiger partial charge in [-0.2, -0.15) is 4.98 Å². The number of aromatic nitrogens is 2. The van der Waals surface area contributed by atoms with Gasteiger partial charge in [-0.1, -0.05) is 18.2 Å². The third kappa shape index (κ3) is 2.44. The van der Waals surface area contributed by atoms with Crippen LogP contribution in [0.15, 0.2) is 29.1 Å². The number of nitrogens with zero attached hydrogens (tertiary/aromatic N) is 2. The number of rotatable bonds is 1. The third-order valence-electron chi connectivity index (χ3n) is 4.27. The van der Waals surface area contributed by atoms with Crippen molar-refractivity contribution in [3.8, 4) is 0 Å². The van der Waals surface area contributed by atoms with E-state index in [1.165, 1.54) is 0 Å². The Bertz CT molecular complexity index is 728. The molecule has 1 N–H and O–H groups in total. The van der Waals surface area contributed by atoms with Gasteiger partial charge in [-0.3, -0.25) is 4.79 Å². The number of carbonyl (C=O) groups excluding carboxylic acids is 1. The summed E-state index contributed by atoms with van der Waals surface area (Å²) in [6, 6.07) is 7.66. The fraction of sp³-hybridized carbons (Fsp3) is 0.438. The van der Waals surface area contributed by atoms with E-state index in [4.69, 9.17) is 0 Å². The fourth-order valence-corrected chi connectivity index (χ4v) is 3.21. The molecular weight excluding hydrogens is 266 g/mol. The Balaban J connectivity index is 2.11. The van der Waals surface area contributed by atoms with Crippen molar-refractivity contribution in [3.05, 3.63) is 40.4 Å². The summed E-state index contributed by atoms with van der Waals surface area (Å²) in [6.45, 7) is 4.12. The number of para-hydroxylation sites is 1. The molecule has 1 aromatic heterocycles. The second-order valence-corrected chi connectivity index (χ2v) is 5.78. The number of hydrogen-bond acceptors (Lipinski definition) is 3. The maximum atomic E-state index is 12.9. The lowest BCUT2D eigenvalue weighted by Crippen LogP contribution is -2.48. The molecule has 1 aromatic carbocycles. The topological polar surface area (TPSA) is 66.1 Å². The third-order valence-corrected chi connectivity index (χ3v) is 4.27. The van der Waals surface area contributed by atoms with E-state index < -0.39 is 5.69 Å². The molecule has 1 aliphatic heterocycles. The molecule has 1 aliphatic rings. The first-order valence-electron chi connectivity index (χ1n) is 7.39. The second-order valence-electron chi connectivity index (χ2n) is 5.78. The average molecular weight is 285 g/mol. The quantitative estimate of drug-likeness (QED) is 0.874. The molecule has 2 heterocycles. The van der Waals surface area contributed by atoms with E-state index in [9.17, 15) is 9.59 Å². The molecule has 110 valence electrons. The molecule has 2 aromatic rings. The highest BCUT2D eigenvalue weighted by Gasteiger charge is 2.31. The molecule has 5 heteroatoms.